The fraction of sp³-hybridized carbons (Fsp3) is 0.406. The summed E-state index contributed by atoms with van der Waals surface area (Å²) in [6.07, 6.45) is 8.30. The summed E-state index contributed by atoms with van der Waals surface area (Å²) < 4.78 is 51.8. The number of hydrogen-bond donors (Lipinski definition) is 1. The summed E-state index contributed by atoms with van der Waals surface area (Å²) in [5.74, 6) is 1.16. The van der Waals surface area contributed by atoms with E-state index in [2.05, 4.69) is 25.8 Å². The fourth-order valence-electron chi connectivity index (χ4n) is 6.25. The number of terminal acetylenes is 1. The van der Waals surface area contributed by atoms with Crippen molar-refractivity contribution in [2.24, 2.45) is 0 Å². The van der Waals surface area contributed by atoms with Crippen molar-refractivity contribution in [1.29, 1.82) is 0 Å². The summed E-state index contributed by atoms with van der Waals surface area (Å²) in [4.78, 5) is 17.6. The lowest BCUT2D eigenvalue weighted by Crippen LogP contribution is -2.43. The summed E-state index contributed by atoms with van der Waals surface area (Å²) >= 11 is 0. The first kappa shape index (κ1) is 28.0. The number of hydrogen-bond acceptors (Lipinski definition) is 7. The molecule has 10 heteroatoms. The summed E-state index contributed by atoms with van der Waals surface area (Å²) in [5.41, 5.74) is -0.984. The number of phenolic OH excluding ortho intramolecular Hbond substituents is 1. The molecule has 0 radical (unpaired) electrons. The molecule has 7 nitrogen and oxygen atoms in total. The summed E-state index contributed by atoms with van der Waals surface area (Å²) in [7, 11) is 1.84. The van der Waals surface area contributed by atoms with Crippen molar-refractivity contribution in [3.63, 3.8) is 0 Å². The molecule has 2 aliphatic heterocycles. The Balaban J connectivity index is 1.53. The van der Waals surface area contributed by atoms with E-state index in [0.717, 1.165) is 19.4 Å². The average molecular weight is 576 g/mol. The van der Waals surface area contributed by atoms with Crippen LogP contribution in [0.15, 0.2) is 30.5 Å². The van der Waals surface area contributed by atoms with E-state index in [1.165, 1.54) is 30.5 Å². The van der Waals surface area contributed by atoms with E-state index in [0.29, 0.717) is 29.6 Å². The Bertz CT molecular complexity index is 1770. The molecular weight excluding hydrogens is 543 g/mol. The molecule has 0 spiro atoms. The van der Waals surface area contributed by atoms with Crippen LogP contribution in [0.1, 0.15) is 45.6 Å². The maximum atomic E-state index is 16.6. The number of ether oxygens (including phenoxy) is 1. The first-order valence-electron chi connectivity index (χ1n) is 14.0. The van der Waals surface area contributed by atoms with Crippen LogP contribution in [0.2, 0.25) is 0 Å². The molecule has 0 amide bonds. The molecule has 2 fully saturated rings. The molecule has 0 unspecified atom stereocenters. The summed E-state index contributed by atoms with van der Waals surface area (Å²) in [6, 6.07) is 5.37. The number of halogens is 3. The third-order valence-corrected chi connectivity index (χ3v) is 8.65. The zero-order chi connectivity index (χ0) is 30.0. The van der Waals surface area contributed by atoms with Gasteiger partial charge in [-0.05, 0) is 63.7 Å². The van der Waals surface area contributed by atoms with Crippen LogP contribution < -0.4 is 9.64 Å². The van der Waals surface area contributed by atoms with Crippen LogP contribution in [0, 0.1) is 24.0 Å². The number of alkyl halides is 1. The van der Waals surface area contributed by atoms with Crippen LogP contribution in [-0.4, -0.2) is 69.0 Å². The Morgan fingerprint density at radius 1 is 1.24 bits per heavy atom. The van der Waals surface area contributed by atoms with E-state index in [1.807, 2.05) is 32.7 Å². The molecule has 4 aromatic rings. The molecule has 0 aliphatic carbocycles. The van der Waals surface area contributed by atoms with Crippen LogP contribution in [0.3, 0.4) is 0 Å². The second-order valence-electron chi connectivity index (χ2n) is 12.3. The van der Waals surface area contributed by atoms with Gasteiger partial charge in [-0.3, -0.25) is 9.88 Å². The largest absolute Gasteiger partial charge is 0.508 e. The number of pyridine rings is 1. The topological polar surface area (TPSA) is 74.6 Å². The summed E-state index contributed by atoms with van der Waals surface area (Å²) in [6.45, 7) is 7.33. The summed E-state index contributed by atoms with van der Waals surface area (Å²) in [5, 5.41) is 11.5. The van der Waals surface area contributed by atoms with Gasteiger partial charge in [-0.15, -0.1) is 6.42 Å². The van der Waals surface area contributed by atoms with Crippen LogP contribution in [-0.2, 0) is 0 Å². The molecule has 4 heterocycles. The van der Waals surface area contributed by atoms with Crippen molar-refractivity contribution < 1.29 is 23.0 Å². The lowest BCUT2D eigenvalue weighted by molar-refractivity contribution is 0.107. The quantitative estimate of drug-likeness (QED) is 0.293. The molecular formula is C32H32F3N5O2. The van der Waals surface area contributed by atoms with Gasteiger partial charge in [-0.25, -0.2) is 13.2 Å². The minimum Gasteiger partial charge on any atom is -0.508 e. The first-order chi connectivity index (χ1) is 19.9. The maximum Gasteiger partial charge on any atom is 0.319 e. The SMILES string of the molecule is C#Cc1c(F)ccc2cc(O)cc(-c3ncc4c(N(C)C(C)(C)C)nc(OC[C@@]56CCCN5C[C@H](F)C6)nc4c3F)c12. The van der Waals surface area contributed by atoms with Gasteiger partial charge in [0.2, 0.25) is 0 Å². The fourth-order valence-corrected chi connectivity index (χ4v) is 6.25. The molecule has 218 valence electrons. The van der Waals surface area contributed by atoms with Gasteiger partial charge in [0.1, 0.15) is 41.4 Å². The highest BCUT2D eigenvalue weighted by Gasteiger charge is 2.49. The van der Waals surface area contributed by atoms with Crippen molar-refractivity contribution in [2.45, 2.75) is 57.3 Å². The Labute approximate surface area is 242 Å². The predicted octanol–water partition coefficient (Wildman–Crippen LogP) is 6.00. The van der Waals surface area contributed by atoms with Gasteiger partial charge in [0.15, 0.2) is 5.82 Å². The molecule has 2 aliphatic rings. The molecule has 2 aromatic heterocycles. The monoisotopic (exact) mass is 575 g/mol. The minimum absolute atomic E-state index is 0.0377. The second-order valence-corrected chi connectivity index (χ2v) is 12.3. The highest BCUT2D eigenvalue weighted by atomic mass is 19.1. The number of anilines is 1. The number of nitrogens with zero attached hydrogens (tertiary/aromatic N) is 5. The van der Waals surface area contributed by atoms with Gasteiger partial charge in [-0.2, -0.15) is 9.97 Å². The molecule has 2 atom stereocenters. The Kier molecular flexibility index (Phi) is 6.69. The van der Waals surface area contributed by atoms with E-state index < -0.39 is 28.9 Å². The van der Waals surface area contributed by atoms with Crippen LogP contribution in [0.25, 0.3) is 32.9 Å². The Hall–Kier alpha value is -4.10. The van der Waals surface area contributed by atoms with Crippen LogP contribution in [0.4, 0.5) is 19.0 Å². The molecule has 1 N–H and O–H groups in total. The van der Waals surface area contributed by atoms with Gasteiger partial charge < -0.3 is 14.7 Å². The normalized spacial score (nSPS) is 20.7. The van der Waals surface area contributed by atoms with Crippen molar-refractivity contribution in [2.75, 3.05) is 31.6 Å². The number of rotatable bonds is 5. The smallest absolute Gasteiger partial charge is 0.319 e. The average Bonchev–Trinajstić information content (AvgIpc) is 3.46. The predicted molar refractivity (Wildman–Crippen MR) is 156 cm³/mol. The van der Waals surface area contributed by atoms with Gasteiger partial charge in [0, 0.05) is 42.7 Å². The maximum absolute atomic E-state index is 16.6. The van der Waals surface area contributed by atoms with Gasteiger partial charge >= 0.3 is 6.01 Å². The lowest BCUT2D eigenvalue weighted by atomic mass is 9.95. The lowest BCUT2D eigenvalue weighted by Gasteiger charge is -2.34. The zero-order valence-corrected chi connectivity index (χ0v) is 24.0. The minimum atomic E-state index is -0.921. The van der Waals surface area contributed by atoms with Crippen molar-refractivity contribution in [3.8, 4) is 35.4 Å². The van der Waals surface area contributed by atoms with Crippen LogP contribution >= 0.6 is 0 Å². The van der Waals surface area contributed by atoms with E-state index in [1.54, 1.807) is 0 Å². The highest BCUT2D eigenvalue weighted by Crippen LogP contribution is 2.42. The number of fused-ring (bicyclic) bond motifs is 3. The third-order valence-electron chi connectivity index (χ3n) is 8.65. The van der Waals surface area contributed by atoms with E-state index >= 15 is 4.39 Å². The van der Waals surface area contributed by atoms with E-state index in [4.69, 9.17) is 11.2 Å². The van der Waals surface area contributed by atoms with Gasteiger partial charge in [0.05, 0.1) is 16.5 Å². The number of phenols is 1. The van der Waals surface area contributed by atoms with Crippen molar-refractivity contribution >= 4 is 27.5 Å². The van der Waals surface area contributed by atoms with Crippen LogP contribution in [0.5, 0.6) is 11.8 Å². The molecule has 0 bridgehead atoms. The van der Waals surface area contributed by atoms with E-state index in [-0.39, 0.29) is 46.1 Å². The Morgan fingerprint density at radius 2 is 2.02 bits per heavy atom. The van der Waals surface area contributed by atoms with Crippen molar-refractivity contribution in [1.82, 2.24) is 19.9 Å². The second kappa shape index (κ2) is 10.0. The molecule has 2 aromatic carbocycles. The highest BCUT2D eigenvalue weighted by molar-refractivity contribution is 6.03. The Morgan fingerprint density at radius 3 is 2.76 bits per heavy atom. The first-order valence-corrected chi connectivity index (χ1v) is 14.0. The molecule has 42 heavy (non-hydrogen) atoms. The number of aromatic nitrogens is 3. The number of aromatic hydroxyl groups is 1. The molecule has 2 saturated heterocycles. The van der Waals surface area contributed by atoms with Gasteiger partial charge in [0.25, 0.3) is 0 Å². The van der Waals surface area contributed by atoms with Gasteiger partial charge in [-0.1, -0.05) is 12.0 Å². The molecule has 0 saturated carbocycles. The zero-order valence-electron chi connectivity index (χ0n) is 24.0. The third kappa shape index (κ3) is 4.56. The number of benzene rings is 2. The standard InChI is InChI=1S/C32H32F3N5O2/c1-6-21-24(34)9-8-18-12-20(41)13-22(25(18)21)27-26(35)28-23(15-36-27)29(39(5)31(2,3)4)38-30(37-28)42-17-32-10-7-11-40(32)16-19(33)14-32/h1,8-9,12-13,15,19,41H,7,10-11,14,16-17H2,2-5H3/t19-,32+/m1/s1. The van der Waals surface area contributed by atoms with E-state index in [9.17, 15) is 13.9 Å². The molecule has 6 rings (SSSR count). The van der Waals surface area contributed by atoms with Crippen molar-refractivity contribution in [3.05, 3.63) is 47.7 Å².